The van der Waals surface area contributed by atoms with E-state index in [1.54, 1.807) is 0 Å². The fraction of sp³-hybridized carbons (Fsp3) is 0.706. The van der Waals surface area contributed by atoms with Gasteiger partial charge in [0.15, 0.2) is 0 Å². The lowest BCUT2D eigenvalue weighted by molar-refractivity contribution is 0.139. The van der Waals surface area contributed by atoms with Crippen LogP contribution in [0.4, 0.5) is 0 Å². The molecule has 2 saturated carbocycles. The molecule has 3 rings (SSSR count). The van der Waals surface area contributed by atoms with Crippen molar-refractivity contribution in [2.24, 2.45) is 11.8 Å². The van der Waals surface area contributed by atoms with Gasteiger partial charge in [0.2, 0.25) is 0 Å². The second kappa shape index (κ2) is 6.04. The Balaban J connectivity index is 1.56. The van der Waals surface area contributed by atoms with Crippen LogP contribution in [0.15, 0.2) is 24.4 Å². The van der Waals surface area contributed by atoms with Gasteiger partial charge in [0, 0.05) is 18.3 Å². The quantitative estimate of drug-likeness (QED) is 0.883. The molecule has 0 saturated heterocycles. The first kappa shape index (κ1) is 13.1. The molecule has 4 atom stereocenters. The number of hydrogen-bond acceptors (Lipinski definition) is 2. The van der Waals surface area contributed by atoms with E-state index in [0.717, 1.165) is 11.8 Å². The predicted octanol–water partition coefficient (Wildman–Crippen LogP) is 4.09. The number of aromatic nitrogens is 1. The van der Waals surface area contributed by atoms with Crippen molar-refractivity contribution in [3.8, 4) is 0 Å². The standard InChI is InChI=1S/C17H26N2/c1-13(17-8-4-5-11-18-17)19-16-10-9-14-6-2-3-7-15(14)12-16/h4-5,8,11,13-16,19H,2-3,6-7,9-10,12H2,1H3/t13-,14?,15?,16?/m0/s1. The zero-order valence-corrected chi connectivity index (χ0v) is 12.0. The van der Waals surface area contributed by atoms with Gasteiger partial charge in [-0.1, -0.05) is 31.7 Å². The average molecular weight is 258 g/mol. The van der Waals surface area contributed by atoms with Crippen LogP contribution < -0.4 is 5.32 Å². The van der Waals surface area contributed by atoms with Gasteiger partial charge >= 0.3 is 0 Å². The van der Waals surface area contributed by atoms with E-state index in [2.05, 4.69) is 29.4 Å². The second-order valence-electron chi connectivity index (χ2n) is 6.46. The number of fused-ring (bicyclic) bond motifs is 1. The molecule has 104 valence electrons. The maximum absolute atomic E-state index is 4.46. The Morgan fingerprint density at radius 3 is 2.74 bits per heavy atom. The van der Waals surface area contributed by atoms with Crippen molar-refractivity contribution in [3.63, 3.8) is 0 Å². The molecule has 0 spiro atoms. The van der Waals surface area contributed by atoms with Crippen LogP contribution in [0.25, 0.3) is 0 Å². The molecular weight excluding hydrogens is 232 g/mol. The summed E-state index contributed by atoms with van der Waals surface area (Å²) >= 11 is 0. The molecule has 0 amide bonds. The van der Waals surface area contributed by atoms with E-state index < -0.39 is 0 Å². The molecule has 0 aromatic carbocycles. The van der Waals surface area contributed by atoms with Crippen LogP contribution in [0.2, 0.25) is 0 Å². The number of pyridine rings is 1. The molecule has 0 bridgehead atoms. The molecule has 1 heterocycles. The van der Waals surface area contributed by atoms with Crippen LogP contribution in [0.1, 0.15) is 63.6 Å². The first-order chi connectivity index (χ1) is 9.33. The van der Waals surface area contributed by atoms with Gasteiger partial charge in [-0.25, -0.2) is 0 Å². The predicted molar refractivity (Wildman–Crippen MR) is 78.9 cm³/mol. The molecule has 1 aromatic rings. The highest BCUT2D eigenvalue weighted by atomic mass is 15.0. The fourth-order valence-corrected chi connectivity index (χ4v) is 4.10. The van der Waals surface area contributed by atoms with Gasteiger partial charge in [0.25, 0.3) is 0 Å². The molecule has 2 aliphatic carbocycles. The topological polar surface area (TPSA) is 24.9 Å². The number of nitrogens with zero attached hydrogens (tertiary/aromatic N) is 1. The number of rotatable bonds is 3. The lowest BCUT2D eigenvalue weighted by Gasteiger charge is -2.40. The summed E-state index contributed by atoms with van der Waals surface area (Å²) in [6.07, 6.45) is 12.0. The molecule has 2 fully saturated rings. The normalized spacial score (nSPS) is 32.6. The molecular formula is C17H26N2. The lowest BCUT2D eigenvalue weighted by Crippen LogP contribution is -2.40. The average Bonchev–Trinajstić information content (AvgIpc) is 2.48. The third kappa shape index (κ3) is 3.17. The summed E-state index contributed by atoms with van der Waals surface area (Å²) in [6.45, 7) is 2.25. The summed E-state index contributed by atoms with van der Waals surface area (Å²) in [7, 11) is 0. The highest BCUT2D eigenvalue weighted by Crippen LogP contribution is 2.40. The number of hydrogen-bond donors (Lipinski definition) is 1. The van der Waals surface area contributed by atoms with Crippen molar-refractivity contribution in [2.75, 3.05) is 0 Å². The first-order valence-electron chi connectivity index (χ1n) is 8.00. The lowest BCUT2D eigenvalue weighted by atomic mass is 9.69. The number of nitrogens with one attached hydrogen (secondary N) is 1. The Bertz CT molecular complexity index is 390. The monoisotopic (exact) mass is 258 g/mol. The fourth-order valence-electron chi connectivity index (χ4n) is 4.10. The summed E-state index contributed by atoms with van der Waals surface area (Å²) in [5, 5.41) is 3.81. The molecule has 2 heteroatoms. The minimum Gasteiger partial charge on any atom is -0.306 e. The molecule has 1 aromatic heterocycles. The largest absolute Gasteiger partial charge is 0.306 e. The summed E-state index contributed by atoms with van der Waals surface area (Å²) in [6, 6.07) is 7.29. The van der Waals surface area contributed by atoms with Crippen LogP contribution in [-0.4, -0.2) is 11.0 Å². The SMILES string of the molecule is C[C@H](NC1CCC2CCCCC2C1)c1ccccn1. The first-order valence-corrected chi connectivity index (χ1v) is 8.00. The van der Waals surface area contributed by atoms with E-state index in [4.69, 9.17) is 0 Å². The minimum absolute atomic E-state index is 0.381. The smallest absolute Gasteiger partial charge is 0.0570 e. The van der Waals surface area contributed by atoms with E-state index in [-0.39, 0.29) is 0 Å². The van der Waals surface area contributed by atoms with Crippen LogP contribution in [0.3, 0.4) is 0 Å². The van der Waals surface area contributed by atoms with Crippen molar-refractivity contribution < 1.29 is 0 Å². The summed E-state index contributed by atoms with van der Waals surface area (Å²) < 4.78 is 0. The Morgan fingerprint density at radius 1 is 1.11 bits per heavy atom. The summed E-state index contributed by atoms with van der Waals surface area (Å²) in [5.41, 5.74) is 1.17. The van der Waals surface area contributed by atoms with Crippen LogP contribution in [-0.2, 0) is 0 Å². The Morgan fingerprint density at radius 2 is 1.95 bits per heavy atom. The van der Waals surface area contributed by atoms with Crippen LogP contribution in [0.5, 0.6) is 0 Å². The van der Waals surface area contributed by atoms with Gasteiger partial charge in [-0.2, -0.15) is 0 Å². The van der Waals surface area contributed by atoms with Gasteiger partial charge in [-0.3, -0.25) is 4.98 Å². The van der Waals surface area contributed by atoms with Crippen molar-refractivity contribution in [2.45, 2.75) is 64.0 Å². The Hall–Kier alpha value is -0.890. The highest BCUT2D eigenvalue weighted by molar-refractivity contribution is 5.08. The maximum atomic E-state index is 4.46. The molecule has 2 nitrogen and oxygen atoms in total. The molecule has 19 heavy (non-hydrogen) atoms. The second-order valence-corrected chi connectivity index (χ2v) is 6.46. The molecule has 1 N–H and O–H groups in total. The summed E-state index contributed by atoms with van der Waals surface area (Å²) in [5.74, 6) is 2.04. The van der Waals surface area contributed by atoms with Gasteiger partial charge in [0.05, 0.1) is 5.69 Å². The maximum Gasteiger partial charge on any atom is 0.0570 e. The van der Waals surface area contributed by atoms with Crippen molar-refractivity contribution in [3.05, 3.63) is 30.1 Å². The van der Waals surface area contributed by atoms with Crippen molar-refractivity contribution in [1.82, 2.24) is 10.3 Å². The summed E-state index contributed by atoms with van der Waals surface area (Å²) in [4.78, 5) is 4.46. The Kier molecular flexibility index (Phi) is 4.17. The molecule has 0 aliphatic heterocycles. The zero-order chi connectivity index (χ0) is 13.1. The third-order valence-electron chi connectivity index (χ3n) is 5.16. The van der Waals surface area contributed by atoms with Gasteiger partial charge < -0.3 is 5.32 Å². The van der Waals surface area contributed by atoms with Gasteiger partial charge in [-0.15, -0.1) is 0 Å². The van der Waals surface area contributed by atoms with Crippen LogP contribution >= 0.6 is 0 Å². The third-order valence-corrected chi connectivity index (χ3v) is 5.16. The Labute approximate surface area is 117 Å². The van der Waals surface area contributed by atoms with Gasteiger partial charge in [0.1, 0.15) is 0 Å². The molecule has 0 radical (unpaired) electrons. The molecule has 2 aliphatic rings. The minimum atomic E-state index is 0.381. The zero-order valence-electron chi connectivity index (χ0n) is 12.0. The van der Waals surface area contributed by atoms with E-state index in [0.29, 0.717) is 12.1 Å². The van der Waals surface area contributed by atoms with E-state index in [1.165, 1.54) is 50.6 Å². The highest BCUT2D eigenvalue weighted by Gasteiger charge is 2.32. The van der Waals surface area contributed by atoms with E-state index >= 15 is 0 Å². The van der Waals surface area contributed by atoms with Crippen molar-refractivity contribution in [1.29, 1.82) is 0 Å². The van der Waals surface area contributed by atoms with Crippen molar-refractivity contribution >= 4 is 0 Å². The van der Waals surface area contributed by atoms with Crippen LogP contribution in [0, 0.1) is 11.8 Å². The molecule has 3 unspecified atom stereocenters. The van der Waals surface area contributed by atoms with E-state index in [1.807, 2.05) is 12.3 Å². The van der Waals surface area contributed by atoms with E-state index in [9.17, 15) is 0 Å². The van der Waals surface area contributed by atoms with Gasteiger partial charge in [-0.05, 0) is 50.2 Å².